The summed E-state index contributed by atoms with van der Waals surface area (Å²) >= 11 is 0. The van der Waals surface area contributed by atoms with Crippen LogP contribution in [0.2, 0.25) is 0 Å². The summed E-state index contributed by atoms with van der Waals surface area (Å²) in [6.07, 6.45) is -1.19. The molecule has 0 bridgehead atoms. The number of carbonyl (C=O) groups is 1. The molecule has 0 saturated heterocycles. The van der Waals surface area contributed by atoms with Crippen LogP contribution in [0.3, 0.4) is 0 Å². The summed E-state index contributed by atoms with van der Waals surface area (Å²) in [5, 5.41) is 4.08. The zero-order valence-electron chi connectivity index (χ0n) is 11.4. The van der Waals surface area contributed by atoms with E-state index in [9.17, 15) is 18.0 Å². The van der Waals surface area contributed by atoms with Crippen molar-refractivity contribution in [2.75, 3.05) is 0 Å². The highest BCUT2D eigenvalue weighted by molar-refractivity contribution is 5.81. The second-order valence-electron chi connectivity index (χ2n) is 4.72. The standard InChI is InChI=1S/C14H13F3N2O2/c1-9(2)19-7-11(6-18-19)12-5-10(8-20)3-4-13(12)21-14(15,16)17/h3-9H,1-2H3. The van der Waals surface area contributed by atoms with Gasteiger partial charge in [0.1, 0.15) is 12.0 Å². The number of ether oxygens (including phenoxy) is 1. The first kappa shape index (κ1) is 15.1. The van der Waals surface area contributed by atoms with Gasteiger partial charge in [0.15, 0.2) is 0 Å². The smallest absolute Gasteiger partial charge is 0.405 e. The fourth-order valence-corrected chi connectivity index (χ4v) is 1.82. The number of hydrogen-bond donors (Lipinski definition) is 0. The van der Waals surface area contributed by atoms with Crippen LogP contribution < -0.4 is 4.74 Å². The minimum absolute atomic E-state index is 0.0694. The van der Waals surface area contributed by atoms with Crippen molar-refractivity contribution in [3.05, 3.63) is 36.2 Å². The van der Waals surface area contributed by atoms with Crippen LogP contribution in [0, 0.1) is 0 Å². The number of nitrogens with zero attached hydrogens (tertiary/aromatic N) is 2. The van der Waals surface area contributed by atoms with Gasteiger partial charge in [0.25, 0.3) is 0 Å². The molecule has 1 aromatic heterocycles. The van der Waals surface area contributed by atoms with E-state index >= 15 is 0 Å². The molecule has 7 heteroatoms. The molecule has 0 atom stereocenters. The van der Waals surface area contributed by atoms with Crippen LogP contribution >= 0.6 is 0 Å². The van der Waals surface area contributed by atoms with Crippen LogP contribution in [0.5, 0.6) is 5.75 Å². The van der Waals surface area contributed by atoms with Gasteiger partial charge in [-0.3, -0.25) is 9.48 Å². The van der Waals surface area contributed by atoms with Gasteiger partial charge in [0.2, 0.25) is 0 Å². The molecule has 0 unspecified atom stereocenters. The van der Waals surface area contributed by atoms with Gasteiger partial charge >= 0.3 is 6.36 Å². The van der Waals surface area contributed by atoms with Gasteiger partial charge < -0.3 is 4.74 Å². The lowest BCUT2D eigenvalue weighted by Gasteiger charge is -2.13. The summed E-state index contributed by atoms with van der Waals surface area (Å²) in [6.45, 7) is 3.79. The van der Waals surface area contributed by atoms with Crippen molar-refractivity contribution in [3.63, 3.8) is 0 Å². The molecular weight excluding hydrogens is 285 g/mol. The maximum absolute atomic E-state index is 12.4. The Balaban J connectivity index is 2.49. The summed E-state index contributed by atoms with van der Waals surface area (Å²) in [5.41, 5.74) is 0.882. The van der Waals surface area contributed by atoms with Crippen LogP contribution in [0.1, 0.15) is 30.2 Å². The third kappa shape index (κ3) is 3.62. The Bertz CT molecular complexity index is 648. The zero-order valence-corrected chi connectivity index (χ0v) is 11.4. The van der Waals surface area contributed by atoms with Gasteiger partial charge in [-0.1, -0.05) is 0 Å². The SMILES string of the molecule is CC(C)n1cc(-c2cc(C=O)ccc2OC(F)(F)F)cn1. The molecule has 4 nitrogen and oxygen atoms in total. The molecular formula is C14H13F3N2O2. The monoisotopic (exact) mass is 298 g/mol. The van der Waals surface area contributed by atoms with Crippen LogP contribution in [0.15, 0.2) is 30.6 Å². The van der Waals surface area contributed by atoms with Crippen molar-refractivity contribution in [1.82, 2.24) is 9.78 Å². The van der Waals surface area contributed by atoms with Gasteiger partial charge in [-0.2, -0.15) is 5.10 Å². The molecule has 0 amide bonds. The highest BCUT2D eigenvalue weighted by atomic mass is 19.4. The molecule has 2 aromatic rings. The van der Waals surface area contributed by atoms with E-state index in [2.05, 4.69) is 9.84 Å². The maximum atomic E-state index is 12.4. The van der Waals surface area contributed by atoms with Gasteiger partial charge in [-0.15, -0.1) is 13.2 Å². The molecule has 0 spiro atoms. The Hall–Kier alpha value is -2.31. The Morgan fingerprint density at radius 1 is 1.33 bits per heavy atom. The van der Waals surface area contributed by atoms with E-state index in [4.69, 9.17) is 0 Å². The first-order chi connectivity index (χ1) is 9.80. The van der Waals surface area contributed by atoms with Crippen LogP contribution in [-0.4, -0.2) is 22.4 Å². The van der Waals surface area contributed by atoms with E-state index in [-0.39, 0.29) is 22.9 Å². The third-order valence-corrected chi connectivity index (χ3v) is 2.81. The van der Waals surface area contributed by atoms with Gasteiger partial charge in [-0.25, -0.2) is 0 Å². The molecule has 0 radical (unpaired) electrons. The van der Waals surface area contributed by atoms with E-state index < -0.39 is 6.36 Å². The van der Waals surface area contributed by atoms with Gasteiger partial charge in [0.05, 0.1) is 6.20 Å². The fourth-order valence-electron chi connectivity index (χ4n) is 1.82. The zero-order chi connectivity index (χ0) is 15.6. The Morgan fingerprint density at radius 2 is 2.05 bits per heavy atom. The summed E-state index contributed by atoms with van der Waals surface area (Å²) in [4.78, 5) is 10.8. The van der Waals surface area contributed by atoms with Gasteiger partial charge in [0, 0.05) is 28.9 Å². The number of rotatable bonds is 4. The molecule has 112 valence electrons. The number of aromatic nitrogens is 2. The fraction of sp³-hybridized carbons (Fsp3) is 0.286. The Morgan fingerprint density at radius 3 is 2.57 bits per heavy atom. The molecule has 0 fully saturated rings. The highest BCUT2D eigenvalue weighted by Gasteiger charge is 2.32. The summed E-state index contributed by atoms with van der Waals surface area (Å²) in [5.74, 6) is -0.364. The highest BCUT2D eigenvalue weighted by Crippen LogP contribution is 2.34. The molecule has 21 heavy (non-hydrogen) atoms. The molecule has 0 N–H and O–H groups in total. The molecule has 0 aliphatic heterocycles. The molecule has 2 rings (SSSR count). The number of hydrogen-bond acceptors (Lipinski definition) is 3. The Kier molecular flexibility index (Phi) is 4.02. The lowest BCUT2D eigenvalue weighted by Crippen LogP contribution is -2.17. The summed E-state index contributed by atoms with van der Waals surface area (Å²) < 4.78 is 42.9. The average molecular weight is 298 g/mol. The first-order valence-corrected chi connectivity index (χ1v) is 6.19. The minimum Gasteiger partial charge on any atom is -0.405 e. The molecule has 1 aromatic carbocycles. The van der Waals surface area contributed by atoms with Crippen molar-refractivity contribution >= 4 is 6.29 Å². The van der Waals surface area contributed by atoms with Crippen molar-refractivity contribution < 1.29 is 22.7 Å². The third-order valence-electron chi connectivity index (χ3n) is 2.81. The van der Waals surface area contributed by atoms with E-state index in [1.807, 2.05) is 13.8 Å². The van der Waals surface area contributed by atoms with Gasteiger partial charge in [-0.05, 0) is 32.0 Å². The number of carbonyl (C=O) groups excluding carboxylic acids is 1. The average Bonchev–Trinajstić information content (AvgIpc) is 2.87. The van der Waals surface area contributed by atoms with Crippen LogP contribution in [0.25, 0.3) is 11.1 Å². The number of aldehydes is 1. The molecule has 0 aliphatic rings. The first-order valence-electron chi connectivity index (χ1n) is 6.19. The normalized spacial score (nSPS) is 11.7. The molecule has 0 saturated carbocycles. The van der Waals surface area contributed by atoms with E-state index in [0.717, 1.165) is 6.07 Å². The van der Waals surface area contributed by atoms with Crippen molar-refractivity contribution in [1.29, 1.82) is 0 Å². The van der Waals surface area contributed by atoms with E-state index in [0.29, 0.717) is 11.8 Å². The molecule has 1 heterocycles. The number of alkyl halides is 3. The largest absolute Gasteiger partial charge is 0.573 e. The predicted octanol–water partition coefficient (Wildman–Crippen LogP) is 3.84. The quantitative estimate of drug-likeness (QED) is 0.805. The lowest BCUT2D eigenvalue weighted by atomic mass is 10.1. The van der Waals surface area contributed by atoms with Crippen LogP contribution in [0.4, 0.5) is 13.2 Å². The second-order valence-corrected chi connectivity index (χ2v) is 4.72. The number of halogens is 3. The van der Waals surface area contributed by atoms with Crippen molar-refractivity contribution in [3.8, 4) is 16.9 Å². The van der Waals surface area contributed by atoms with Crippen LogP contribution in [-0.2, 0) is 0 Å². The Labute approximate surface area is 119 Å². The van der Waals surface area contributed by atoms with Crippen molar-refractivity contribution in [2.24, 2.45) is 0 Å². The topological polar surface area (TPSA) is 44.1 Å². The minimum atomic E-state index is -4.80. The molecule has 0 aliphatic carbocycles. The summed E-state index contributed by atoms with van der Waals surface area (Å²) in [7, 11) is 0. The summed E-state index contributed by atoms with van der Waals surface area (Å²) in [6, 6.07) is 3.81. The maximum Gasteiger partial charge on any atom is 0.573 e. The van der Waals surface area contributed by atoms with E-state index in [1.54, 1.807) is 10.9 Å². The van der Waals surface area contributed by atoms with E-state index in [1.165, 1.54) is 18.3 Å². The lowest BCUT2D eigenvalue weighted by molar-refractivity contribution is -0.274. The number of benzene rings is 1. The van der Waals surface area contributed by atoms with Crippen molar-refractivity contribution in [2.45, 2.75) is 26.3 Å². The predicted molar refractivity (Wildman–Crippen MR) is 70.1 cm³/mol. The second kappa shape index (κ2) is 5.59.